The Bertz CT molecular complexity index is 624. The quantitative estimate of drug-likeness (QED) is 0.803. The molecule has 5 heteroatoms. The molecular weight excluding hydrogens is 338 g/mol. The van der Waals surface area contributed by atoms with Crippen molar-refractivity contribution in [3.8, 4) is 0 Å². The zero-order valence-corrected chi connectivity index (χ0v) is 14.0. The lowest BCUT2D eigenvalue weighted by Gasteiger charge is -2.17. The highest BCUT2D eigenvalue weighted by Gasteiger charge is 2.16. The van der Waals surface area contributed by atoms with Crippen LogP contribution in [-0.4, -0.2) is 13.1 Å². The highest BCUT2D eigenvalue weighted by Crippen LogP contribution is 2.32. The number of carbonyl (C=O) groups is 1. The number of hydrogen-bond donors (Lipinski definition) is 1. The summed E-state index contributed by atoms with van der Waals surface area (Å²) in [5.41, 5.74) is 2.38. The van der Waals surface area contributed by atoms with Crippen LogP contribution in [-0.2, 0) is 4.74 Å². The van der Waals surface area contributed by atoms with Gasteiger partial charge in [0.25, 0.3) is 0 Å². The summed E-state index contributed by atoms with van der Waals surface area (Å²) in [5, 5.41) is 5.41. The van der Waals surface area contributed by atoms with Crippen LogP contribution in [0.2, 0.25) is 0 Å². The van der Waals surface area contributed by atoms with Crippen LogP contribution in [0.5, 0.6) is 0 Å². The summed E-state index contributed by atoms with van der Waals surface area (Å²) in [6.07, 6.45) is 0. The molecule has 1 unspecified atom stereocenters. The summed E-state index contributed by atoms with van der Waals surface area (Å²) < 4.78 is 5.92. The molecule has 0 saturated heterocycles. The maximum atomic E-state index is 11.9. The molecule has 0 radical (unpaired) electrons. The maximum Gasteiger partial charge on any atom is 0.339 e. The second kappa shape index (κ2) is 6.41. The van der Waals surface area contributed by atoms with Gasteiger partial charge in [0.1, 0.15) is 0 Å². The first kappa shape index (κ1) is 15.1. The molecule has 0 amide bonds. The monoisotopic (exact) mass is 353 g/mol. The van der Waals surface area contributed by atoms with E-state index >= 15 is 0 Å². The number of halogens is 1. The van der Waals surface area contributed by atoms with E-state index in [4.69, 9.17) is 4.74 Å². The van der Waals surface area contributed by atoms with Gasteiger partial charge in [-0.2, -0.15) is 0 Å². The Morgan fingerprint density at radius 2 is 2.15 bits per heavy atom. The minimum absolute atomic E-state index is 0.107. The van der Waals surface area contributed by atoms with Crippen molar-refractivity contribution in [3.05, 3.63) is 50.1 Å². The zero-order valence-electron chi connectivity index (χ0n) is 11.6. The molecule has 0 aliphatic rings. The molecule has 0 aliphatic carbocycles. The molecule has 1 heterocycles. The molecule has 3 nitrogen and oxygen atoms in total. The summed E-state index contributed by atoms with van der Waals surface area (Å²) in [6, 6.07) is 7.86. The first-order valence-corrected chi connectivity index (χ1v) is 7.88. The molecule has 2 aromatic rings. The Balaban J connectivity index is 2.29. The number of carbonyl (C=O) groups excluding carboxylic acids is 1. The summed E-state index contributed by atoms with van der Waals surface area (Å²) in [5.74, 6) is -0.325. The van der Waals surface area contributed by atoms with Crippen molar-refractivity contribution in [2.75, 3.05) is 12.4 Å². The molecule has 1 N–H and O–H groups in total. The van der Waals surface area contributed by atoms with Crippen molar-refractivity contribution in [3.63, 3.8) is 0 Å². The molecule has 0 fully saturated rings. The third-order valence-corrected chi connectivity index (χ3v) is 5.04. The lowest BCUT2D eigenvalue weighted by Crippen LogP contribution is -2.11. The van der Waals surface area contributed by atoms with E-state index in [1.807, 2.05) is 36.6 Å². The second-order valence-electron chi connectivity index (χ2n) is 4.54. The van der Waals surface area contributed by atoms with Crippen molar-refractivity contribution in [1.29, 1.82) is 0 Å². The first-order chi connectivity index (χ1) is 9.52. The fourth-order valence-corrected chi connectivity index (χ4v) is 3.70. The average Bonchev–Trinajstić information content (AvgIpc) is 2.86. The van der Waals surface area contributed by atoms with Crippen molar-refractivity contribution in [2.45, 2.75) is 19.9 Å². The first-order valence-electron chi connectivity index (χ1n) is 6.21. The van der Waals surface area contributed by atoms with Gasteiger partial charge < -0.3 is 10.1 Å². The number of rotatable bonds is 4. The van der Waals surface area contributed by atoms with Gasteiger partial charge in [-0.05, 0) is 53.4 Å². The smallest absolute Gasteiger partial charge is 0.339 e. The molecule has 1 aromatic carbocycles. The number of anilines is 1. The Morgan fingerprint density at radius 1 is 1.40 bits per heavy atom. The molecule has 1 atom stereocenters. The van der Waals surface area contributed by atoms with E-state index in [9.17, 15) is 4.79 Å². The second-order valence-corrected chi connectivity index (χ2v) is 6.34. The van der Waals surface area contributed by atoms with Crippen molar-refractivity contribution in [1.82, 2.24) is 0 Å². The highest BCUT2D eigenvalue weighted by molar-refractivity contribution is 9.10. The fraction of sp³-hybridized carbons (Fsp3) is 0.267. The number of esters is 1. The predicted octanol–water partition coefficient (Wildman–Crippen LogP) is 4.78. The van der Waals surface area contributed by atoms with Gasteiger partial charge in [0.15, 0.2) is 0 Å². The van der Waals surface area contributed by atoms with Gasteiger partial charge >= 0.3 is 5.97 Å². The van der Waals surface area contributed by atoms with Crippen LogP contribution in [0.3, 0.4) is 0 Å². The molecule has 1 aromatic heterocycles. The minimum atomic E-state index is -0.325. The molecule has 2 rings (SSSR count). The molecule has 0 saturated carbocycles. The van der Waals surface area contributed by atoms with Gasteiger partial charge in [-0.3, -0.25) is 0 Å². The maximum absolute atomic E-state index is 11.9. The SMILES string of the molecule is COC(=O)c1cc(C)ccc1NC(C)c1sccc1Br. The highest BCUT2D eigenvalue weighted by atomic mass is 79.9. The topological polar surface area (TPSA) is 38.3 Å². The Morgan fingerprint density at radius 3 is 2.75 bits per heavy atom. The van der Waals surface area contributed by atoms with E-state index in [0.717, 1.165) is 15.7 Å². The number of methoxy groups -OCH3 is 1. The minimum Gasteiger partial charge on any atom is -0.465 e. The van der Waals surface area contributed by atoms with Crippen LogP contribution in [0.4, 0.5) is 5.69 Å². The van der Waals surface area contributed by atoms with E-state index < -0.39 is 0 Å². The van der Waals surface area contributed by atoms with Crippen molar-refractivity contribution < 1.29 is 9.53 Å². The number of aryl methyl sites for hydroxylation is 1. The lowest BCUT2D eigenvalue weighted by molar-refractivity contribution is 0.0601. The third-order valence-electron chi connectivity index (χ3n) is 2.99. The van der Waals surface area contributed by atoms with Crippen LogP contribution in [0.1, 0.15) is 33.8 Å². The Kier molecular flexibility index (Phi) is 4.83. The van der Waals surface area contributed by atoms with Crippen molar-refractivity contribution in [2.24, 2.45) is 0 Å². The van der Waals surface area contributed by atoms with Crippen LogP contribution in [0, 0.1) is 6.92 Å². The van der Waals surface area contributed by atoms with E-state index in [1.165, 1.54) is 12.0 Å². The summed E-state index contributed by atoms with van der Waals surface area (Å²) >= 11 is 5.21. The number of hydrogen-bond acceptors (Lipinski definition) is 4. The van der Waals surface area contributed by atoms with Gasteiger partial charge in [-0.15, -0.1) is 11.3 Å². The summed E-state index contributed by atoms with van der Waals surface area (Å²) in [7, 11) is 1.40. The van der Waals surface area contributed by atoms with Crippen LogP contribution < -0.4 is 5.32 Å². The van der Waals surface area contributed by atoms with Gasteiger partial charge in [-0.1, -0.05) is 11.6 Å². The number of ether oxygens (including phenoxy) is 1. The average molecular weight is 354 g/mol. The summed E-state index contributed by atoms with van der Waals surface area (Å²) in [4.78, 5) is 13.0. The number of nitrogens with one attached hydrogen (secondary N) is 1. The zero-order chi connectivity index (χ0) is 14.7. The van der Waals surface area contributed by atoms with E-state index in [0.29, 0.717) is 5.56 Å². The van der Waals surface area contributed by atoms with Crippen LogP contribution in [0.15, 0.2) is 34.1 Å². The van der Waals surface area contributed by atoms with Gasteiger partial charge in [0.2, 0.25) is 0 Å². The molecule has 0 bridgehead atoms. The largest absolute Gasteiger partial charge is 0.465 e. The van der Waals surface area contributed by atoms with Gasteiger partial charge in [-0.25, -0.2) is 4.79 Å². The number of thiophene rings is 1. The van der Waals surface area contributed by atoms with E-state index in [1.54, 1.807) is 11.3 Å². The van der Waals surface area contributed by atoms with E-state index in [-0.39, 0.29) is 12.0 Å². The Labute approximate surface area is 131 Å². The van der Waals surface area contributed by atoms with Gasteiger partial charge in [0.05, 0.1) is 18.7 Å². The van der Waals surface area contributed by atoms with Crippen LogP contribution >= 0.6 is 27.3 Å². The summed E-state index contributed by atoms with van der Waals surface area (Å²) in [6.45, 7) is 4.02. The van der Waals surface area contributed by atoms with Crippen molar-refractivity contribution >= 4 is 38.9 Å². The normalized spacial score (nSPS) is 12.0. The Hall–Kier alpha value is -1.33. The molecule has 20 heavy (non-hydrogen) atoms. The molecule has 106 valence electrons. The standard InChI is InChI=1S/C15H16BrNO2S/c1-9-4-5-13(11(8-9)15(18)19-3)17-10(2)14-12(16)6-7-20-14/h4-8,10,17H,1-3H3. The lowest BCUT2D eigenvalue weighted by atomic mass is 10.1. The third kappa shape index (κ3) is 3.22. The van der Waals surface area contributed by atoms with Gasteiger partial charge in [0, 0.05) is 15.0 Å². The fourth-order valence-electron chi connectivity index (χ4n) is 1.98. The molecule has 0 aliphatic heterocycles. The molecule has 0 spiro atoms. The predicted molar refractivity (Wildman–Crippen MR) is 86.6 cm³/mol. The number of benzene rings is 1. The van der Waals surface area contributed by atoms with E-state index in [2.05, 4.69) is 28.2 Å². The molecular formula is C15H16BrNO2S. The van der Waals surface area contributed by atoms with Crippen LogP contribution in [0.25, 0.3) is 0 Å².